The molecule has 0 radical (unpaired) electrons. The Morgan fingerprint density at radius 3 is 1.56 bits per heavy atom. The maximum Gasteiger partial charge on any atom is 0.326 e. The molecule has 0 heterocycles. The van der Waals surface area contributed by atoms with Gasteiger partial charge in [0, 0.05) is 12.8 Å². The van der Waals surface area contributed by atoms with E-state index in [1.165, 1.54) is 19.3 Å². The number of amides is 1. The molecule has 0 aromatic rings. The van der Waals surface area contributed by atoms with Crippen molar-refractivity contribution in [2.75, 3.05) is 6.54 Å². The molecule has 4 N–H and O–H groups in total. The summed E-state index contributed by atoms with van der Waals surface area (Å²) < 4.78 is 5.88. The first-order valence-corrected chi connectivity index (χ1v) is 21.1. The van der Waals surface area contributed by atoms with Crippen molar-refractivity contribution < 1.29 is 24.2 Å². The van der Waals surface area contributed by atoms with E-state index in [1.54, 1.807) is 0 Å². The van der Waals surface area contributed by atoms with Crippen LogP contribution in [0.3, 0.4) is 0 Å². The van der Waals surface area contributed by atoms with Crippen LogP contribution in [0.2, 0.25) is 0 Å². The first-order chi connectivity index (χ1) is 26.4. The lowest BCUT2D eigenvalue weighted by atomic mass is 10.1. The molecular formula is C47H76N2O5. The third-order valence-corrected chi connectivity index (χ3v) is 8.63. The number of hydrogen-bond donors (Lipinski definition) is 3. The van der Waals surface area contributed by atoms with Crippen molar-refractivity contribution in [3.63, 3.8) is 0 Å². The van der Waals surface area contributed by atoms with Crippen LogP contribution in [0.5, 0.6) is 0 Å². The van der Waals surface area contributed by atoms with Gasteiger partial charge in [0.1, 0.15) is 12.1 Å². The molecule has 0 fully saturated rings. The van der Waals surface area contributed by atoms with Crippen molar-refractivity contribution in [1.29, 1.82) is 0 Å². The Hall–Kier alpha value is -3.71. The van der Waals surface area contributed by atoms with Gasteiger partial charge in [-0.3, -0.25) is 9.59 Å². The number of ether oxygens (including phenoxy) is 1. The van der Waals surface area contributed by atoms with Gasteiger partial charge in [-0.2, -0.15) is 0 Å². The Morgan fingerprint density at radius 1 is 0.556 bits per heavy atom. The van der Waals surface area contributed by atoms with Crippen molar-refractivity contribution >= 4 is 17.8 Å². The maximum atomic E-state index is 12.7. The fourth-order valence-corrected chi connectivity index (χ4v) is 5.53. The summed E-state index contributed by atoms with van der Waals surface area (Å²) in [6.45, 7) is 4.67. The van der Waals surface area contributed by atoms with Crippen LogP contribution in [0.25, 0.3) is 0 Å². The fourth-order valence-electron chi connectivity index (χ4n) is 5.53. The minimum absolute atomic E-state index is 0.154. The predicted molar refractivity (Wildman–Crippen MR) is 229 cm³/mol. The van der Waals surface area contributed by atoms with E-state index in [1.807, 2.05) is 6.08 Å². The van der Waals surface area contributed by atoms with Crippen LogP contribution < -0.4 is 11.1 Å². The lowest BCUT2D eigenvalue weighted by Crippen LogP contribution is -2.40. The van der Waals surface area contributed by atoms with E-state index >= 15 is 0 Å². The number of esters is 1. The predicted octanol–water partition coefficient (Wildman–Crippen LogP) is 11.9. The van der Waals surface area contributed by atoms with Crippen molar-refractivity contribution in [2.45, 2.75) is 174 Å². The monoisotopic (exact) mass is 749 g/mol. The number of carboxylic acids is 1. The van der Waals surface area contributed by atoms with Crippen molar-refractivity contribution in [3.8, 4) is 0 Å². The largest absolute Gasteiger partial charge is 0.480 e. The van der Waals surface area contributed by atoms with Crippen LogP contribution in [0.15, 0.2) is 97.2 Å². The third-order valence-electron chi connectivity index (χ3n) is 8.63. The Labute approximate surface area is 329 Å². The van der Waals surface area contributed by atoms with Gasteiger partial charge in [-0.1, -0.05) is 137 Å². The second-order valence-electron chi connectivity index (χ2n) is 13.6. The minimum Gasteiger partial charge on any atom is -0.480 e. The molecule has 0 aliphatic heterocycles. The molecule has 0 bridgehead atoms. The Bertz CT molecular complexity index is 1160. The van der Waals surface area contributed by atoms with Gasteiger partial charge < -0.3 is 20.9 Å². The van der Waals surface area contributed by atoms with E-state index in [4.69, 9.17) is 10.5 Å². The standard InChI is InChI=1S/C47H76N2O5/c1-3-5-7-9-11-13-15-16-17-18-19-20-21-22-24-26-28-30-35-41-46(51)54-43(37-32-29-27-25-23-14-12-10-8-6-4-2)38-33-31-34-40-45(50)49-44(47(52)53)39-36-42-48/h5-8,11-14,16-17,19-20,25,27,32,37,43-44H,3-4,9-10,15,18,21-24,26,28-31,33-36,38-42,48H2,1-2H3,(H,49,50)(H,52,53)/b7-5-,8-6-,13-11-,14-12-,17-16-,20-19-,27-25-,37-32-. The first-order valence-electron chi connectivity index (χ1n) is 21.1. The number of nitrogens with two attached hydrogens (primary N) is 1. The lowest BCUT2D eigenvalue weighted by Gasteiger charge is -2.15. The summed E-state index contributed by atoms with van der Waals surface area (Å²) >= 11 is 0. The molecule has 0 aliphatic carbocycles. The third kappa shape index (κ3) is 36.6. The molecule has 0 aromatic heterocycles. The van der Waals surface area contributed by atoms with Crippen LogP contribution in [-0.4, -0.2) is 41.6 Å². The number of unbranched alkanes of at least 4 members (excludes halogenated alkanes) is 8. The second kappa shape index (κ2) is 40.5. The molecule has 0 saturated heterocycles. The Morgan fingerprint density at radius 2 is 1.02 bits per heavy atom. The van der Waals surface area contributed by atoms with E-state index in [-0.39, 0.29) is 24.4 Å². The van der Waals surface area contributed by atoms with Crippen molar-refractivity contribution in [2.24, 2.45) is 5.73 Å². The molecular weight excluding hydrogens is 673 g/mol. The molecule has 304 valence electrons. The number of rotatable bonds is 36. The van der Waals surface area contributed by atoms with Crippen LogP contribution >= 0.6 is 0 Å². The van der Waals surface area contributed by atoms with Gasteiger partial charge in [0.15, 0.2) is 0 Å². The molecule has 0 rings (SSSR count). The summed E-state index contributed by atoms with van der Waals surface area (Å²) in [5.74, 6) is -1.45. The topological polar surface area (TPSA) is 119 Å². The highest BCUT2D eigenvalue weighted by atomic mass is 16.5. The summed E-state index contributed by atoms with van der Waals surface area (Å²) in [4.78, 5) is 36.4. The fraction of sp³-hybridized carbons (Fsp3) is 0.596. The number of allylic oxidation sites excluding steroid dienone is 15. The van der Waals surface area contributed by atoms with Gasteiger partial charge in [0.2, 0.25) is 5.91 Å². The normalized spacial score (nSPS) is 13.7. The van der Waals surface area contributed by atoms with Gasteiger partial charge in [0.05, 0.1) is 0 Å². The van der Waals surface area contributed by atoms with Crippen LogP contribution in [0, 0.1) is 0 Å². The van der Waals surface area contributed by atoms with Crippen molar-refractivity contribution in [3.05, 3.63) is 97.2 Å². The quantitative estimate of drug-likeness (QED) is 0.0333. The molecule has 7 heteroatoms. The summed E-state index contributed by atoms with van der Waals surface area (Å²) in [7, 11) is 0. The molecule has 0 spiro atoms. The molecule has 2 unspecified atom stereocenters. The van der Waals surface area contributed by atoms with Gasteiger partial charge >= 0.3 is 11.9 Å². The maximum absolute atomic E-state index is 12.7. The zero-order valence-corrected chi connectivity index (χ0v) is 34.0. The highest BCUT2D eigenvalue weighted by Crippen LogP contribution is 2.14. The van der Waals surface area contributed by atoms with Gasteiger partial charge in [-0.05, 0) is 115 Å². The van der Waals surface area contributed by atoms with E-state index in [0.717, 1.165) is 89.9 Å². The molecule has 7 nitrogen and oxygen atoms in total. The van der Waals surface area contributed by atoms with Crippen LogP contribution in [0.4, 0.5) is 0 Å². The Balaban J connectivity index is 4.46. The molecule has 0 saturated carbocycles. The molecule has 2 atom stereocenters. The molecule has 0 aliphatic rings. The molecule has 1 amide bonds. The first kappa shape index (κ1) is 50.3. The zero-order chi connectivity index (χ0) is 39.6. The van der Waals surface area contributed by atoms with Crippen molar-refractivity contribution in [1.82, 2.24) is 5.32 Å². The Kier molecular flexibility index (Phi) is 37.7. The number of carboxylic acid groups (broad SMARTS) is 1. The molecule has 54 heavy (non-hydrogen) atoms. The van der Waals surface area contributed by atoms with Crippen LogP contribution in [0.1, 0.15) is 162 Å². The zero-order valence-electron chi connectivity index (χ0n) is 34.0. The smallest absolute Gasteiger partial charge is 0.326 e. The lowest BCUT2D eigenvalue weighted by molar-refractivity contribution is -0.147. The van der Waals surface area contributed by atoms with Gasteiger partial charge in [-0.15, -0.1) is 0 Å². The number of nitrogens with one attached hydrogen (secondary N) is 1. The summed E-state index contributed by atoms with van der Waals surface area (Å²) in [6.07, 6.45) is 54.6. The van der Waals surface area contributed by atoms with E-state index in [2.05, 4.69) is 110 Å². The minimum atomic E-state index is -1.03. The van der Waals surface area contributed by atoms with Gasteiger partial charge in [-0.25, -0.2) is 4.79 Å². The highest BCUT2D eigenvalue weighted by Gasteiger charge is 2.19. The second-order valence-corrected chi connectivity index (χ2v) is 13.6. The number of hydrogen-bond acceptors (Lipinski definition) is 5. The molecule has 0 aromatic carbocycles. The summed E-state index contributed by atoms with van der Waals surface area (Å²) in [5, 5.41) is 11.9. The van der Waals surface area contributed by atoms with E-state index in [9.17, 15) is 19.5 Å². The number of carbonyl (C=O) groups is 3. The average molecular weight is 749 g/mol. The number of carbonyl (C=O) groups excluding carboxylic acids is 2. The van der Waals surface area contributed by atoms with E-state index < -0.39 is 12.0 Å². The van der Waals surface area contributed by atoms with Crippen LogP contribution in [-0.2, 0) is 19.1 Å². The van der Waals surface area contributed by atoms with E-state index in [0.29, 0.717) is 38.6 Å². The van der Waals surface area contributed by atoms with Gasteiger partial charge in [0.25, 0.3) is 0 Å². The average Bonchev–Trinajstić information content (AvgIpc) is 3.15. The SMILES string of the molecule is CC/C=C\C/C=C\C/C=C\C/C=C\CCCCCCCCC(=O)OC(/C=C\C/C=C\C/C=C\C/C=C\CC)CCCCCC(=O)NC(CCCN)C(=O)O. The summed E-state index contributed by atoms with van der Waals surface area (Å²) in [5.41, 5.74) is 5.49. The summed E-state index contributed by atoms with van der Waals surface area (Å²) in [6, 6.07) is -0.899. The highest BCUT2D eigenvalue weighted by molar-refractivity contribution is 5.83. The number of aliphatic carboxylic acids is 1.